The molecule has 1 unspecified atom stereocenters. The third-order valence-electron chi connectivity index (χ3n) is 4.66. The molecule has 0 saturated heterocycles. The maximum absolute atomic E-state index is 9.60. The molecule has 0 radical (unpaired) electrons. The Balaban J connectivity index is 1.82. The lowest BCUT2D eigenvalue weighted by Gasteiger charge is -2.17. The first-order valence-electron chi connectivity index (χ1n) is 9.17. The Bertz CT molecular complexity index is 890. The second-order valence-electron chi connectivity index (χ2n) is 6.65. The monoisotopic (exact) mass is 397 g/mol. The van der Waals surface area contributed by atoms with Crippen LogP contribution in [-0.4, -0.2) is 36.5 Å². The van der Waals surface area contributed by atoms with Crippen LogP contribution in [0.15, 0.2) is 66.4 Å². The summed E-state index contributed by atoms with van der Waals surface area (Å²) in [6, 6.07) is 10.8. The summed E-state index contributed by atoms with van der Waals surface area (Å²) < 4.78 is 11.1. The van der Waals surface area contributed by atoms with Crippen LogP contribution in [0.3, 0.4) is 0 Å². The molecule has 146 valence electrons. The van der Waals surface area contributed by atoms with Gasteiger partial charge in [-0.2, -0.15) is 0 Å². The first kappa shape index (κ1) is 20.3. The SMILES string of the molecule is C=C(COC)C1=CCOC1CC/C(=C/c1ccc(O)cc1Cl)c1ccccn1. The molecule has 0 bridgehead atoms. The van der Waals surface area contributed by atoms with E-state index in [1.54, 1.807) is 31.5 Å². The lowest BCUT2D eigenvalue weighted by Crippen LogP contribution is -2.13. The van der Waals surface area contributed by atoms with Crippen molar-refractivity contribution in [2.45, 2.75) is 18.9 Å². The van der Waals surface area contributed by atoms with Gasteiger partial charge in [0.05, 0.1) is 30.0 Å². The maximum atomic E-state index is 9.60. The molecule has 0 amide bonds. The van der Waals surface area contributed by atoms with Crippen LogP contribution < -0.4 is 0 Å². The largest absolute Gasteiger partial charge is 0.508 e. The number of hydrogen-bond donors (Lipinski definition) is 1. The zero-order valence-electron chi connectivity index (χ0n) is 15.9. The van der Waals surface area contributed by atoms with E-state index in [1.807, 2.05) is 24.3 Å². The van der Waals surface area contributed by atoms with Crippen molar-refractivity contribution in [3.8, 4) is 5.75 Å². The highest BCUT2D eigenvalue weighted by molar-refractivity contribution is 6.32. The van der Waals surface area contributed by atoms with Crippen molar-refractivity contribution < 1.29 is 14.6 Å². The molecule has 1 aromatic carbocycles. The molecule has 1 atom stereocenters. The van der Waals surface area contributed by atoms with E-state index in [4.69, 9.17) is 21.1 Å². The third kappa shape index (κ3) is 5.10. The second-order valence-corrected chi connectivity index (χ2v) is 7.05. The molecule has 28 heavy (non-hydrogen) atoms. The van der Waals surface area contributed by atoms with Crippen LogP contribution in [0.5, 0.6) is 5.75 Å². The van der Waals surface area contributed by atoms with Crippen molar-refractivity contribution in [3.05, 3.63) is 82.7 Å². The van der Waals surface area contributed by atoms with Crippen molar-refractivity contribution >= 4 is 23.3 Å². The summed E-state index contributed by atoms with van der Waals surface area (Å²) in [4.78, 5) is 4.50. The van der Waals surface area contributed by atoms with Gasteiger partial charge in [0, 0.05) is 13.3 Å². The van der Waals surface area contributed by atoms with Gasteiger partial charge in [-0.25, -0.2) is 0 Å². The molecule has 0 fully saturated rings. The number of nitrogens with zero attached hydrogens (tertiary/aromatic N) is 1. The van der Waals surface area contributed by atoms with Crippen LogP contribution in [0.4, 0.5) is 0 Å². The molecule has 0 spiro atoms. The first-order chi connectivity index (χ1) is 13.6. The van der Waals surface area contributed by atoms with Crippen molar-refractivity contribution in [1.82, 2.24) is 4.98 Å². The molecular formula is C23H24ClNO3. The zero-order chi connectivity index (χ0) is 19.9. The molecule has 1 aliphatic heterocycles. The summed E-state index contributed by atoms with van der Waals surface area (Å²) in [5.41, 5.74) is 4.86. The molecule has 0 aliphatic carbocycles. The van der Waals surface area contributed by atoms with Crippen LogP contribution in [0.2, 0.25) is 5.02 Å². The zero-order valence-corrected chi connectivity index (χ0v) is 16.7. The highest BCUT2D eigenvalue weighted by Gasteiger charge is 2.22. The van der Waals surface area contributed by atoms with Crippen LogP contribution in [0, 0.1) is 0 Å². The van der Waals surface area contributed by atoms with Crippen LogP contribution >= 0.6 is 11.6 Å². The summed E-state index contributed by atoms with van der Waals surface area (Å²) >= 11 is 6.30. The molecule has 5 heteroatoms. The minimum atomic E-state index is -0.00921. The number of phenols is 1. The molecule has 0 saturated carbocycles. The van der Waals surface area contributed by atoms with Crippen LogP contribution in [-0.2, 0) is 9.47 Å². The van der Waals surface area contributed by atoms with Gasteiger partial charge >= 0.3 is 0 Å². The van der Waals surface area contributed by atoms with Gasteiger partial charge in [0.25, 0.3) is 0 Å². The lowest BCUT2D eigenvalue weighted by molar-refractivity contribution is 0.116. The fourth-order valence-electron chi connectivity index (χ4n) is 3.28. The number of rotatable bonds is 8. The molecule has 1 aliphatic rings. The Morgan fingerprint density at radius 2 is 2.25 bits per heavy atom. The molecule has 2 heterocycles. The average molecular weight is 398 g/mol. The number of aromatic hydroxyl groups is 1. The number of aromatic nitrogens is 1. The van der Waals surface area contributed by atoms with E-state index in [2.05, 4.69) is 17.6 Å². The van der Waals surface area contributed by atoms with Crippen molar-refractivity contribution in [2.24, 2.45) is 0 Å². The van der Waals surface area contributed by atoms with Crippen LogP contribution in [0.25, 0.3) is 11.6 Å². The van der Waals surface area contributed by atoms with Gasteiger partial charge in [0.2, 0.25) is 0 Å². The minimum Gasteiger partial charge on any atom is -0.508 e. The summed E-state index contributed by atoms with van der Waals surface area (Å²) in [5.74, 6) is 0.146. The Kier molecular flexibility index (Phi) is 7.04. The number of ether oxygens (including phenoxy) is 2. The van der Waals surface area contributed by atoms with Gasteiger partial charge < -0.3 is 14.6 Å². The maximum Gasteiger partial charge on any atom is 0.117 e. The number of methoxy groups -OCH3 is 1. The normalized spacial score (nSPS) is 16.9. The van der Waals surface area contributed by atoms with Crippen molar-refractivity contribution in [3.63, 3.8) is 0 Å². The standard InChI is InChI=1S/C23H24ClNO3/c1-16(15-27-2)20-10-12-28-23(20)9-7-18(22-5-3-4-11-25-22)13-17-6-8-19(26)14-21(17)24/h3-6,8,10-11,13-14,23,26H,1,7,9,12,15H2,2H3/b18-13-. The molecule has 1 N–H and O–H groups in total. The lowest BCUT2D eigenvalue weighted by atomic mass is 9.95. The summed E-state index contributed by atoms with van der Waals surface area (Å²) in [5, 5.41) is 10.1. The first-order valence-corrected chi connectivity index (χ1v) is 9.55. The van der Waals surface area contributed by atoms with E-state index in [0.29, 0.717) is 18.2 Å². The Labute approximate surface area is 170 Å². The fourth-order valence-corrected chi connectivity index (χ4v) is 3.51. The predicted octanol–water partition coefficient (Wildman–Crippen LogP) is 5.29. The highest BCUT2D eigenvalue weighted by atomic mass is 35.5. The van der Waals surface area contributed by atoms with Crippen LogP contribution in [0.1, 0.15) is 24.1 Å². The number of pyridine rings is 1. The number of hydrogen-bond acceptors (Lipinski definition) is 4. The number of allylic oxidation sites excluding steroid dienone is 1. The molecule has 2 aromatic rings. The van der Waals surface area contributed by atoms with Gasteiger partial charge in [-0.1, -0.05) is 30.3 Å². The number of benzene rings is 1. The van der Waals surface area contributed by atoms with E-state index in [-0.39, 0.29) is 11.9 Å². The van der Waals surface area contributed by atoms with Gasteiger partial charge in [-0.15, -0.1) is 0 Å². The molecule has 4 nitrogen and oxygen atoms in total. The van der Waals surface area contributed by atoms with E-state index >= 15 is 0 Å². The summed E-state index contributed by atoms with van der Waals surface area (Å²) in [6.45, 7) is 5.20. The molecule has 3 rings (SSSR count). The van der Waals surface area contributed by atoms with Crippen molar-refractivity contribution in [2.75, 3.05) is 20.3 Å². The number of phenolic OH excluding ortho intramolecular Hbond substituents is 1. The van der Waals surface area contributed by atoms with Gasteiger partial charge in [-0.3, -0.25) is 4.98 Å². The molecular weight excluding hydrogens is 374 g/mol. The fraction of sp³-hybridized carbons (Fsp3) is 0.261. The van der Waals surface area contributed by atoms with Crippen molar-refractivity contribution in [1.29, 1.82) is 0 Å². The van der Waals surface area contributed by atoms with Gasteiger partial charge in [0.1, 0.15) is 5.75 Å². The van der Waals surface area contributed by atoms with E-state index in [0.717, 1.165) is 40.8 Å². The Morgan fingerprint density at radius 1 is 1.39 bits per heavy atom. The number of halogens is 1. The summed E-state index contributed by atoms with van der Waals surface area (Å²) in [7, 11) is 1.67. The van der Waals surface area contributed by atoms with E-state index in [1.165, 1.54) is 0 Å². The Hall–Kier alpha value is -2.40. The van der Waals surface area contributed by atoms with E-state index < -0.39 is 0 Å². The Morgan fingerprint density at radius 3 is 2.96 bits per heavy atom. The van der Waals surface area contributed by atoms with Gasteiger partial charge in [0.15, 0.2) is 0 Å². The highest BCUT2D eigenvalue weighted by Crippen LogP contribution is 2.31. The van der Waals surface area contributed by atoms with E-state index in [9.17, 15) is 5.11 Å². The second kappa shape index (κ2) is 9.69. The third-order valence-corrected chi connectivity index (χ3v) is 4.99. The minimum absolute atomic E-state index is 0.00921. The smallest absolute Gasteiger partial charge is 0.117 e. The van der Waals surface area contributed by atoms with Gasteiger partial charge in [-0.05, 0) is 71.5 Å². The summed E-state index contributed by atoms with van der Waals surface area (Å²) in [6.07, 6.45) is 7.42. The average Bonchev–Trinajstić information content (AvgIpc) is 3.16. The topological polar surface area (TPSA) is 51.6 Å². The quantitative estimate of drug-likeness (QED) is 0.657. The molecule has 1 aromatic heterocycles. The predicted molar refractivity (Wildman–Crippen MR) is 113 cm³/mol.